The summed E-state index contributed by atoms with van der Waals surface area (Å²) < 4.78 is 22.0. The first kappa shape index (κ1) is 23.4. The third-order valence-electron chi connectivity index (χ3n) is 4.52. The SMILES string of the molecule is COC(=O)CCO[C@@H]1[C@@H](Cc2ccccc2)COC[C@H](C)C(=O)O[C@H]1C.[Cl-]. The topological polar surface area (TPSA) is 71.1 Å². The van der Waals surface area contributed by atoms with Crippen molar-refractivity contribution in [1.29, 1.82) is 0 Å². The molecule has 0 aromatic heterocycles. The number of cyclic esters (lactones) is 1. The number of benzene rings is 1. The molecule has 4 atom stereocenters. The number of methoxy groups -OCH3 is 1. The Kier molecular flexibility index (Phi) is 10.4. The lowest BCUT2D eigenvalue weighted by atomic mass is 9.91. The van der Waals surface area contributed by atoms with Gasteiger partial charge < -0.3 is 31.4 Å². The van der Waals surface area contributed by atoms with E-state index in [0.29, 0.717) is 13.2 Å². The maximum atomic E-state index is 12.1. The lowest BCUT2D eigenvalue weighted by Gasteiger charge is -2.30. The second kappa shape index (κ2) is 12.0. The van der Waals surface area contributed by atoms with Gasteiger partial charge in [0.15, 0.2) is 0 Å². The Hall–Kier alpha value is -1.63. The first-order valence-electron chi connectivity index (χ1n) is 9.01. The van der Waals surface area contributed by atoms with E-state index in [0.717, 1.165) is 12.0 Å². The molecule has 152 valence electrons. The molecule has 1 aliphatic heterocycles. The van der Waals surface area contributed by atoms with Crippen molar-refractivity contribution in [2.24, 2.45) is 11.8 Å². The molecule has 0 saturated carbocycles. The highest BCUT2D eigenvalue weighted by atomic mass is 35.5. The summed E-state index contributed by atoms with van der Waals surface area (Å²) in [7, 11) is 1.35. The Labute approximate surface area is 166 Å². The molecule has 1 aromatic rings. The van der Waals surface area contributed by atoms with Crippen LogP contribution in [-0.2, 0) is 35.0 Å². The van der Waals surface area contributed by atoms with Gasteiger partial charge in [0.05, 0.1) is 45.4 Å². The molecule has 0 amide bonds. The molecule has 0 unspecified atom stereocenters. The number of halogens is 1. The summed E-state index contributed by atoms with van der Waals surface area (Å²) in [4.78, 5) is 23.5. The van der Waals surface area contributed by atoms with Gasteiger partial charge in [-0.05, 0) is 25.8 Å². The van der Waals surface area contributed by atoms with E-state index >= 15 is 0 Å². The minimum Gasteiger partial charge on any atom is -1.00 e. The van der Waals surface area contributed by atoms with Crippen LogP contribution in [0, 0.1) is 11.8 Å². The second-order valence-electron chi connectivity index (χ2n) is 6.69. The van der Waals surface area contributed by atoms with Gasteiger partial charge in [-0.3, -0.25) is 9.59 Å². The highest BCUT2D eigenvalue weighted by Gasteiger charge is 2.33. The van der Waals surface area contributed by atoms with Crippen LogP contribution in [0.3, 0.4) is 0 Å². The molecule has 2 rings (SSSR count). The van der Waals surface area contributed by atoms with Crippen LogP contribution in [0.5, 0.6) is 0 Å². The summed E-state index contributed by atoms with van der Waals surface area (Å²) in [5.41, 5.74) is 1.16. The summed E-state index contributed by atoms with van der Waals surface area (Å²) >= 11 is 0. The molecule has 6 nitrogen and oxygen atoms in total. The molecule has 0 radical (unpaired) electrons. The molecule has 1 fully saturated rings. The number of hydrogen-bond acceptors (Lipinski definition) is 6. The Bertz CT molecular complexity index is 579. The van der Waals surface area contributed by atoms with Crippen LogP contribution >= 0.6 is 0 Å². The summed E-state index contributed by atoms with van der Waals surface area (Å²) in [6.07, 6.45) is 0.0929. The number of esters is 2. The highest BCUT2D eigenvalue weighted by molar-refractivity contribution is 5.72. The van der Waals surface area contributed by atoms with E-state index in [2.05, 4.69) is 16.9 Å². The van der Waals surface area contributed by atoms with Crippen molar-refractivity contribution in [3.05, 3.63) is 35.9 Å². The van der Waals surface area contributed by atoms with Gasteiger partial charge in [0, 0.05) is 5.92 Å². The lowest BCUT2D eigenvalue weighted by molar-refractivity contribution is -0.163. The van der Waals surface area contributed by atoms with Crippen molar-refractivity contribution in [2.45, 2.75) is 38.9 Å². The van der Waals surface area contributed by atoms with Gasteiger partial charge in [-0.15, -0.1) is 0 Å². The monoisotopic (exact) mass is 399 g/mol. The van der Waals surface area contributed by atoms with Gasteiger partial charge in [0.2, 0.25) is 0 Å². The third kappa shape index (κ3) is 7.48. The van der Waals surface area contributed by atoms with E-state index in [1.54, 1.807) is 6.92 Å². The normalized spacial score (nSPS) is 26.0. The molecule has 1 aromatic carbocycles. The molecular weight excluding hydrogens is 372 g/mol. The molecule has 7 heteroatoms. The number of hydrogen-bond donors (Lipinski definition) is 0. The zero-order valence-electron chi connectivity index (χ0n) is 16.1. The van der Waals surface area contributed by atoms with Crippen molar-refractivity contribution in [3.63, 3.8) is 0 Å². The Morgan fingerprint density at radius 3 is 2.56 bits per heavy atom. The molecule has 1 saturated heterocycles. The Morgan fingerprint density at radius 1 is 1.19 bits per heavy atom. The molecule has 0 spiro atoms. The minimum atomic E-state index is -0.432. The molecule has 1 aliphatic rings. The number of rotatable bonds is 6. The van der Waals surface area contributed by atoms with Crippen LogP contribution in [0.25, 0.3) is 0 Å². The summed E-state index contributed by atoms with van der Waals surface area (Å²) in [6.45, 7) is 4.62. The Morgan fingerprint density at radius 2 is 1.89 bits per heavy atom. The zero-order chi connectivity index (χ0) is 18.9. The van der Waals surface area contributed by atoms with Gasteiger partial charge in [0.1, 0.15) is 6.10 Å². The van der Waals surface area contributed by atoms with Crippen LogP contribution in [0.1, 0.15) is 25.8 Å². The third-order valence-corrected chi connectivity index (χ3v) is 4.52. The largest absolute Gasteiger partial charge is 1.00 e. The minimum absolute atomic E-state index is 0. The molecule has 27 heavy (non-hydrogen) atoms. The highest BCUT2D eigenvalue weighted by Crippen LogP contribution is 2.23. The smallest absolute Gasteiger partial charge is 0.311 e. The van der Waals surface area contributed by atoms with Crippen molar-refractivity contribution in [1.82, 2.24) is 0 Å². The fourth-order valence-corrected chi connectivity index (χ4v) is 3.05. The first-order valence-corrected chi connectivity index (χ1v) is 9.01. The summed E-state index contributed by atoms with van der Waals surface area (Å²) in [5, 5.41) is 0. The van der Waals surface area contributed by atoms with E-state index in [1.807, 2.05) is 25.1 Å². The van der Waals surface area contributed by atoms with Gasteiger partial charge in [-0.2, -0.15) is 0 Å². The standard InChI is InChI=1S/C20H28O6.ClH/c1-14-12-24-13-17(11-16-7-5-4-6-8-16)19(15(2)26-20(14)22)25-10-9-18(21)23-3;/h4-8,14-15,17,19H,9-13H2,1-3H3;1H/p-1/t14-,15-,17-,19-;/m0./s1. The van der Waals surface area contributed by atoms with E-state index in [9.17, 15) is 9.59 Å². The molecule has 0 aliphatic carbocycles. The van der Waals surface area contributed by atoms with Gasteiger partial charge >= 0.3 is 11.9 Å². The summed E-state index contributed by atoms with van der Waals surface area (Å²) in [6, 6.07) is 10.1. The molecule has 0 bridgehead atoms. The predicted molar refractivity (Wildman–Crippen MR) is 95.5 cm³/mol. The molecule has 1 heterocycles. The fraction of sp³-hybridized carbons (Fsp3) is 0.600. The molecular formula is C20H28ClO6-. The number of ether oxygens (including phenoxy) is 4. The summed E-state index contributed by atoms with van der Waals surface area (Å²) in [5.74, 6) is -0.937. The average Bonchev–Trinajstić information content (AvgIpc) is 2.68. The van der Waals surface area contributed by atoms with Crippen molar-refractivity contribution in [2.75, 3.05) is 26.9 Å². The first-order chi connectivity index (χ1) is 12.5. The van der Waals surface area contributed by atoms with Gasteiger partial charge in [0.25, 0.3) is 0 Å². The average molecular weight is 400 g/mol. The van der Waals surface area contributed by atoms with Crippen LogP contribution in [0.4, 0.5) is 0 Å². The van der Waals surface area contributed by atoms with Crippen LogP contribution in [0.2, 0.25) is 0 Å². The Balaban J connectivity index is 0.00000364. The maximum absolute atomic E-state index is 12.1. The lowest BCUT2D eigenvalue weighted by Crippen LogP contribution is -3.00. The molecule has 0 N–H and O–H groups in total. The second-order valence-corrected chi connectivity index (χ2v) is 6.69. The van der Waals surface area contributed by atoms with E-state index in [4.69, 9.17) is 14.2 Å². The fourth-order valence-electron chi connectivity index (χ4n) is 3.05. The van der Waals surface area contributed by atoms with Crippen LogP contribution < -0.4 is 12.4 Å². The predicted octanol–water partition coefficient (Wildman–Crippen LogP) is -0.604. The number of carbonyl (C=O) groups is 2. The van der Waals surface area contributed by atoms with E-state index < -0.39 is 6.10 Å². The zero-order valence-corrected chi connectivity index (χ0v) is 16.8. The van der Waals surface area contributed by atoms with Crippen molar-refractivity contribution in [3.8, 4) is 0 Å². The van der Waals surface area contributed by atoms with E-state index in [1.165, 1.54) is 7.11 Å². The van der Waals surface area contributed by atoms with Crippen LogP contribution in [0.15, 0.2) is 30.3 Å². The van der Waals surface area contributed by atoms with Crippen molar-refractivity contribution < 1.29 is 40.9 Å². The number of carbonyl (C=O) groups excluding carboxylic acids is 2. The van der Waals surface area contributed by atoms with Gasteiger partial charge in [-0.25, -0.2) is 0 Å². The quantitative estimate of drug-likeness (QED) is 0.595. The van der Waals surface area contributed by atoms with Crippen molar-refractivity contribution >= 4 is 11.9 Å². The maximum Gasteiger partial charge on any atom is 0.311 e. The van der Waals surface area contributed by atoms with Crippen LogP contribution in [-0.4, -0.2) is 51.1 Å². The van der Waals surface area contributed by atoms with E-state index in [-0.39, 0.29) is 55.3 Å². The van der Waals surface area contributed by atoms with Gasteiger partial charge in [-0.1, -0.05) is 30.3 Å².